The summed E-state index contributed by atoms with van der Waals surface area (Å²) < 4.78 is 0. The Kier molecular flexibility index (Phi) is 3.34. The molecule has 1 atom stereocenters. The fourth-order valence-corrected chi connectivity index (χ4v) is 2.20. The zero-order valence-corrected chi connectivity index (χ0v) is 10.4. The Morgan fingerprint density at radius 3 is 2.50 bits per heavy atom. The number of aliphatic carboxylic acids is 1. The summed E-state index contributed by atoms with van der Waals surface area (Å²) in [5.41, 5.74) is 5.43. The average molecular weight is 243 g/mol. The number of benzene rings is 2. The van der Waals surface area contributed by atoms with Crippen LogP contribution in [0, 0.1) is 0 Å². The molecule has 0 amide bonds. The molecule has 0 aliphatic rings. The summed E-state index contributed by atoms with van der Waals surface area (Å²) in [6.45, 7) is 2.09. The molecular formula is C15H17NO2. The molecule has 0 saturated carbocycles. The third-order valence-corrected chi connectivity index (χ3v) is 3.50. The second-order valence-electron chi connectivity index (χ2n) is 4.74. The third kappa shape index (κ3) is 2.09. The van der Waals surface area contributed by atoms with E-state index in [1.807, 2.05) is 42.5 Å². The topological polar surface area (TPSA) is 63.3 Å². The Hall–Kier alpha value is -1.87. The minimum atomic E-state index is -0.918. The smallest absolute Gasteiger partial charge is 0.313 e. The van der Waals surface area contributed by atoms with Gasteiger partial charge in [0, 0.05) is 0 Å². The molecule has 0 aliphatic carbocycles. The predicted molar refractivity (Wildman–Crippen MR) is 72.6 cm³/mol. The van der Waals surface area contributed by atoms with Gasteiger partial charge in [0.05, 0.1) is 5.41 Å². The fraction of sp³-hybridized carbons (Fsp3) is 0.267. The Labute approximate surface area is 106 Å². The van der Waals surface area contributed by atoms with E-state index in [-0.39, 0.29) is 0 Å². The van der Waals surface area contributed by atoms with Crippen molar-refractivity contribution in [1.29, 1.82) is 0 Å². The van der Waals surface area contributed by atoms with Crippen molar-refractivity contribution in [3.8, 4) is 0 Å². The molecule has 2 aromatic rings. The fourth-order valence-electron chi connectivity index (χ4n) is 2.20. The van der Waals surface area contributed by atoms with E-state index in [1.54, 1.807) is 6.92 Å². The number of hydrogen-bond donors (Lipinski definition) is 2. The molecule has 0 fully saturated rings. The van der Waals surface area contributed by atoms with E-state index in [4.69, 9.17) is 5.73 Å². The van der Waals surface area contributed by atoms with Crippen LogP contribution in [0.1, 0.15) is 18.9 Å². The molecular weight excluding hydrogens is 226 g/mol. The largest absolute Gasteiger partial charge is 0.481 e. The van der Waals surface area contributed by atoms with Crippen LogP contribution in [0.5, 0.6) is 0 Å². The van der Waals surface area contributed by atoms with Gasteiger partial charge in [-0.2, -0.15) is 0 Å². The third-order valence-electron chi connectivity index (χ3n) is 3.50. The summed E-state index contributed by atoms with van der Waals surface area (Å²) >= 11 is 0. The van der Waals surface area contributed by atoms with E-state index < -0.39 is 11.4 Å². The number of carbonyl (C=O) groups is 1. The molecule has 2 aromatic carbocycles. The first kappa shape index (κ1) is 12.6. The number of nitrogens with two attached hydrogens (primary N) is 1. The lowest BCUT2D eigenvalue weighted by molar-refractivity contribution is -0.143. The Morgan fingerprint density at radius 2 is 1.89 bits per heavy atom. The van der Waals surface area contributed by atoms with Gasteiger partial charge in [-0.25, -0.2) is 0 Å². The molecule has 0 saturated heterocycles. The van der Waals surface area contributed by atoms with E-state index in [0.29, 0.717) is 13.0 Å². The summed E-state index contributed by atoms with van der Waals surface area (Å²) in [5, 5.41) is 11.6. The van der Waals surface area contributed by atoms with E-state index >= 15 is 0 Å². The van der Waals surface area contributed by atoms with Crippen molar-refractivity contribution >= 4 is 16.7 Å². The van der Waals surface area contributed by atoms with Crippen LogP contribution in [0.4, 0.5) is 0 Å². The molecule has 1 unspecified atom stereocenters. The van der Waals surface area contributed by atoms with E-state index in [9.17, 15) is 9.90 Å². The molecule has 0 aromatic heterocycles. The van der Waals surface area contributed by atoms with Crippen LogP contribution in [-0.4, -0.2) is 17.6 Å². The average Bonchev–Trinajstić information content (AvgIpc) is 2.38. The van der Waals surface area contributed by atoms with Gasteiger partial charge in [-0.3, -0.25) is 4.79 Å². The summed E-state index contributed by atoms with van der Waals surface area (Å²) in [6, 6.07) is 13.7. The lowest BCUT2D eigenvalue weighted by Crippen LogP contribution is -2.34. The van der Waals surface area contributed by atoms with Crippen LogP contribution < -0.4 is 5.73 Å². The van der Waals surface area contributed by atoms with Gasteiger partial charge in [0.2, 0.25) is 0 Å². The van der Waals surface area contributed by atoms with Crippen molar-refractivity contribution in [2.75, 3.05) is 6.54 Å². The monoisotopic (exact) mass is 243 g/mol. The Bertz CT molecular complexity index is 579. The SMILES string of the molecule is CC(CCN)(C(=O)O)c1ccc2ccccc2c1. The second kappa shape index (κ2) is 4.78. The molecule has 94 valence electrons. The van der Waals surface area contributed by atoms with Crippen molar-refractivity contribution < 1.29 is 9.90 Å². The van der Waals surface area contributed by atoms with Gasteiger partial charge in [-0.05, 0) is 36.2 Å². The zero-order valence-electron chi connectivity index (χ0n) is 10.4. The highest BCUT2D eigenvalue weighted by Crippen LogP contribution is 2.30. The Morgan fingerprint density at radius 1 is 1.22 bits per heavy atom. The summed E-state index contributed by atoms with van der Waals surface area (Å²) in [4.78, 5) is 11.5. The lowest BCUT2D eigenvalue weighted by Gasteiger charge is -2.25. The molecule has 2 rings (SSSR count). The van der Waals surface area contributed by atoms with Crippen molar-refractivity contribution in [2.45, 2.75) is 18.8 Å². The molecule has 18 heavy (non-hydrogen) atoms. The second-order valence-corrected chi connectivity index (χ2v) is 4.74. The van der Waals surface area contributed by atoms with Crippen molar-refractivity contribution in [3.05, 3.63) is 48.0 Å². The van der Waals surface area contributed by atoms with Crippen LogP contribution in [0.3, 0.4) is 0 Å². The van der Waals surface area contributed by atoms with E-state index in [1.165, 1.54) is 0 Å². The minimum Gasteiger partial charge on any atom is -0.481 e. The molecule has 0 heterocycles. The van der Waals surface area contributed by atoms with Crippen molar-refractivity contribution in [1.82, 2.24) is 0 Å². The maximum absolute atomic E-state index is 11.5. The van der Waals surface area contributed by atoms with Gasteiger partial charge in [0.15, 0.2) is 0 Å². The van der Waals surface area contributed by atoms with Crippen molar-refractivity contribution in [2.24, 2.45) is 5.73 Å². The van der Waals surface area contributed by atoms with Crippen molar-refractivity contribution in [3.63, 3.8) is 0 Å². The maximum atomic E-state index is 11.5. The van der Waals surface area contributed by atoms with Gasteiger partial charge < -0.3 is 10.8 Å². The molecule has 3 N–H and O–H groups in total. The van der Waals surface area contributed by atoms with Gasteiger partial charge >= 0.3 is 5.97 Å². The van der Waals surface area contributed by atoms with Gasteiger partial charge in [0.25, 0.3) is 0 Å². The number of carboxylic acids is 1. The van der Waals surface area contributed by atoms with E-state index in [2.05, 4.69) is 0 Å². The van der Waals surface area contributed by atoms with Gasteiger partial charge in [0.1, 0.15) is 0 Å². The number of rotatable bonds is 4. The minimum absolute atomic E-state index is 0.357. The van der Waals surface area contributed by atoms with Crippen LogP contribution >= 0.6 is 0 Å². The normalized spacial score (nSPS) is 14.3. The highest BCUT2D eigenvalue weighted by Gasteiger charge is 2.34. The first-order valence-corrected chi connectivity index (χ1v) is 6.00. The van der Waals surface area contributed by atoms with Gasteiger partial charge in [-0.15, -0.1) is 0 Å². The van der Waals surface area contributed by atoms with Gasteiger partial charge in [-0.1, -0.05) is 42.5 Å². The first-order valence-electron chi connectivity index (χ1n) is 6.00. The highest BCUT2D eigenvalue weighted by molar-refractivity contribution is 5.87. The number of hydrogen-bond acceptors (Lipinski definition) is 2. The summed E-state index contributed by atoms with van der Waals surface area (Å²) in [6.07, 6.45) is 0.431. The number of fused-ring (bicyclic) bond motifs is 1. The first-order chi connectivity index (χ1) is 8.58. The maximum Gasteiger partial charge on any atom is 0.313 e. The lowest BCUT2D eigenvalue weighted by atomic mass is 9.79. The molecule has 3 nitrogen and oxygen atoms in total. The molecule has 0 bridgehead atoms. The summed E-state index contributed by atoms with van der Waals surface area (Å²) in [7, 11) is 0. The molecule has 0 radical (unpaired) electrons. The molecule has 3 heteroatoms. The summed E-state index contributed by atoms with van der Waals surface area (Å²) in [5.74, 6) is -0.830. The number of carboxylic acid groups (broad SMARTS) is 1. The molecule has 0 aliphatic heterocycles. The highest BCUT2D eigenvalue weighted by atomic mass is 16.4. The Balaban J connectivity index is 2.54. The predicted octanol–water partition coefficient (Wildman–Crippen LogP) is 2.53. The van der Waals surface area contributed by atoms with Crippen LogP contribution in [0.25, 0.3) is 10.8 Å². The van der Waals surface area contributed by atoms with E-state index in [0.717, 1.165) is 16.3 Å². The van der Waals surface area contributed by atoms with Crippen LogP contribution in [0.2, 0.25) is 0 Å². The van der Waals surface area contributed by atoms with Crippen LogP contribution in [0.15, 0.2) is 42.5 Å². The molecule has 0 spiro atoms. The zero-order chi connectivity index (χ0) is 13.2. The quantitative estimate of drug-likeness (QED) is 0.867. The van der Waals surface area contributed by atoms with Crippen LogP contribution in [-0.2, 0) is 10.2 Å². The standard InChI is InChI=1S/C15H17NO2/c1-15(8-9-16,14(17)18)13-7-6-11-4-2-3-5-12(11)10-13/h2-7,10H,8-9,16H2,1H3,(H,17,18).